The van der Waals surface area contributed by atoms with Crippen LogP contribution in [-0.4, -0.2) is 11.6 Å². The lowest BCUT2D eigenvalue weighted by molar-refractivity contribution is -0.156. The normalized spacial score (nSPS) is 13.7. The lowest BCUT2D eigenvalue weighted by atomic mass is 10.1. The molecule has 1 atom stereocenters. The van der Waals surface area contributed by atoms with E-state index in [9.17, 15) is 4.79 Å². The van der Waals surface area contributed by atoms with Crippen molar-refractivity contribution < 1.29 is 9.53 Å². The molecule has 1 aromatic rings. The molecule has 0 saturated heterocycles. The van der Waals surface area contributed by atoms with Crippen molar-refractivity contribution in [2.45, 2.75) is 39.2 Å². The van der Waals surface area contributed by atoms with Crippen LogP contribution in [0.5, 0.6) is 0 Å². The second-order valence-electron chi connectivity index (χ2n) is 4.31. The molecule has 14 heavy (non-hydrogen) atoms. The van der Waals surface area contributed by atoms with Gasteiger partial charge in [0.05, 0.1) is 5.92 Å². The van der Waals surface area contributed by atoms with Crippen molar-refractivity contribution in [3.63, 3.8) is 0 Å². The average molecular weight is 212 g/mol. The molecule has 3 heteroatoms. The Morgan fingerprint density at radius 2 is 2.14 bits per heavy atom. The predicted molar refractivity (Wildman–Crippen MR) is 58.6 cm³/mol. The van der Waals surface area contributed by atoms with E-state index in [1.807, 2.05) is 44.5 Å². The van der Waals surface area contributed by atoms with Crippen molar-refractivity contribution in [2.24, 2.45) is 0 Å². The van der Waals surface area contributed by atoms with E-state index in [4.69, 9.17) is 4.74 Å². The minimum atomic E-state index is -0.401. The van der Waals surface area contributed by atoms with Crippen LogP contribution < -0.4 is 0 Å². The molecule has 0 aliphatic rings. The van der Waals surface area contributed by atoms with Gasteiger partial charge in [-0.2, -0.15) is 11.3 Å². The molecule has 0 aromatic carbocycles. The molecular formula is C11H16O2S. The number of esters is 1. The first-order chi connectivity index (χ1) is 6.40. The highest BCUT2D eigenvalue weighted by atomic mass is 32.1. The van der Waals surface area contributed by atoms with Gasteiger partial charge in [-0.05, 0) is 50.1 Å². The molecule has 0 aliphatic heterocycles. The van der Waals surface area contributed by atoms with Gasteiger partial charge in [0, 0.05) is 0 Å². The van der Waals surface area contributed by atoms with Gasteiger partial charge in [-0.1, -0.05) is 0 Å². The van der Waals surface area contributed by atoms with Gasteiger partial charge >= 0.3 is 5.97 Å². The first-order valence-corrected chi connectivity index (χ1v) is 5.59. The third-order valence-corrected chi connectivity index (χ3v) is 2.50. The Hall–Kier alpha value is -0.830. The molecule has 0 N–H and O–H groups in total. The van der Waals surface area contributed by atoms with E-state index in [1.54, 1.807) is 11.3 Å². The van der Waals surface area contributed by atoms with Crippen molar-refractivity contribution in [3.8, 4) is 0 Å². The fraction of sp³-hybridized carbons (Fsp3) is 0.545. The zero-order chi connectivity index (χ0) is 10.8. The lowest BCUT2D eigenvalue weighted by Gasteiger charge is -2.21. The summed E-state index contributed by atoms with van der Waals surface area (Å²) in [6.07, 6.45) is 0. The summed E-state index contributed by atoms with van der Waals surface area (Å²) in [6.45, 7) is 7.51. The minimum Gasteiger partial charge on any atom is -0.460 e. The molecule has 1 aromatic heterocycles. The van der Waals surface area contributed by atoms with Crippen molar-refractivity contribution >= 4 is 17.3 Å². The van der Waals surface area contributed by atoms with Gasteiger partial charge in [0.25, 0.3) is 0 Å². The van der Waals surface area contributed by atoms with Crippen LogP contribution in [0.25, 0.3) is 0 Å². The van der Waals surface area contributed by atoms with Crippen LogP contribution in [0.3, 0.4) is 0 Å². The second-order valence-corrected chi connectivity index (χ2v) is 5.09. The van der Waals surface area contributed by atoms with Crippen molar-refractivity contribution in [2.75, 3.05) is 0 Å². The summed E-state index contributed by atoms with van der Waals surface area (Å²) in [7, 11) is 0. The molecule has 1 unspecified atom stereocenters. The van der Waals surface area contributed by atoms with Crippen LogP contribution in [-0.2, 0) is 9.53 Å². The summed E-state index contributed by atoms with van der Waals surface area (Å²) in [4.78, 5) is 11.6. The van der Waals surface area contributed by atoms with Gasteiger partial charge in [0.2, 0.25) is 0 Å². The van der Waals surface area contributed by atoms with E-state index in [0.29, 0.717) is 0 Å². The highest BCUT2D eigenvalue weighted by Gasteiger charge is 2.22. The van der Waals surface area contributed by atoms with Gasteiger partial charge in [0.15, 0.2) is 0 Å². The maximum atomic E-state index is 11.6. The molecule has 0 spiro atoms. The van der Waals surface area contributed by atoms with E-state index in [-0.39, 0.29) is 11.9 Å². The molecule has 2 nitrogen and oxygen atoms in total. The summed E-state index contributed by atoms with van der Waals surface area (Å²) in [5, 5.41) is 3.95. The first kappa shape index (κ1) is 11.2. The average Bonchev–Trinajstić information content (AvgIpc) is 2.51. The third kappa shape index (κ3) is 3.14. The Morgan fingerprint density at radius 1 is 1.50 bits per heavy atom. The number of hydrogen-bond donors (Lipinski definition) is 0. The van der Waals surface area contributed by atoms with Gasteiger partial charge in [0.1, 0.15) is 5.60 Å². The topological polar surface area (TPSA) is 26.3 Å². The van der Waals surface area contributed by atoms with Crippen LogP contribution >= 0.6 is 11.3 Å². The molecule has 1 heterocycles. The second kappa shape index (κ2) is 4.13. The van der Waals surface area contributed by atoms with E-state index in [1.165, 1.54) is 0 Å². The molecule has 0 radical (unpaired) electrons. The number of carbonyl (C=O) groups excluding carboxylic acids is 1. The summed E-state index contributed by atoms with van der Waals surface area (Å²) in [5.41, 5.74) is 0.630. The SMILES string of the molecule is CC(C(=O)OC(C)(C)C)c1ccsc1. The Balaban J connectivity index is 2.63. The Kier molecular flexibility index (Phi) is 3.32. The summed E-state index contributed by atoms with van der Waals surface area (Å²) >= 11 is 1.60. The van der Waals surface area contributed by atoms with Crippen LogP contribution in [0.4, 0.5) is 0 Å². The van der Waals surface area contributed by atoms with Gasteiger partial charge in [-0.25, -0.2) is 0 Å². The maximum absolute atomic E-state index is 11.6. The maximum Gasteiger partial charge on any atom is 0.313 e. The van der Waals surface area contributed by atoms with Gasteiger partial charge in [-0.15, -0.1) is 0 Å². The predicted octanol–water partition coefficient (Wildman–Crippen LogP) is 3.19. The highest BCUT2D eigenvalue weighted by molar-refractivity contribution is 7.08. The Labute approximate surface area is 88.9 Å². The Morgan fingerprint density at radius 3 is 2.57 bits per heavy atom. The van der Waals surface area contributed by atoms with Crippen LogP contribution in [0.15, 0.2) is 16.8 Å². The largest absolute Gasteiger partial charge is 0.460 e. The van der Waals surface area contributed by atoms with E-state index >= 15 is 0 Å². The number of thiophene rings is 1. The highest BCUT2D eigenvalue weighted by Crippen LogP contribution is 2.21. The minimum absolute atomic E-state index is 0.157. The molecule has 0 aliphatic carbocycles. The number of ether oxygens (including phenoxy) is 1. The van der Waals surface area contributed by atoms with Crippen LogP contribution in [0.1, 0.15) is 39.2 Å². The van der Waals surface area contributed by atoms with Gasteiger partial charge in [-0.3, -0.25) is 4.79 Å². The monoisotopic (exact) mass is 212 g/mol. The smallest absolute Gasteiger partial charge is 0.313 e. The fourth-order valence-electron chi connectivity index (χ4n) is 1.05. The van der Waals surface area contributed by atoms with E-state index in [0.717, 1.165) is 5.56 Å². The lowest BCUT2D eigenvalue weighted by Crippen LogP contribution is -2.26. The van der Waals surface area contributed by atoms with Crippen molar-refractivity contribution in [1.29, 1.82) is 0 Å². The van der Waals surface area contributed by atoms with E-state index in [2.05, 4.69) is 0 Å². The fourth-order valence-corrected chi connectivity index (χ4v) is 1.80. The standard InChI is InChI=1S/C11H16O2S/c1-8(9-5-6-14-7-9)10(12)13-11(2,3)4/h5-8H,1-4H3. The quantitative estimate of drug-likeness (QED) is 0.704. The summed E-state index contributed by atoms with van der Waals surface area (Å²) in [5.74, 6) is -0.323. The molecule has 0 fully saturated rings. The van der Waals surface area contributed by atoms with Crippen molar-refractivity contribution in [1.82, 2.24) is 0 Å². The first-order valence-electron chi connectivity index (χ1n) is 4.65. The number of hydrogen-bond acceptors (Lipinski definition) is 3. The third-order valence-electron chi connectivity index (χ3n) is 1.80. The van der Waals surface area contributed by atoms with Crippen LogP contribution in [0.2, 0.25) is 0 Å². The Bertz CT molecular complexity index is 296. The zero-order valence-electron chi connectivity index (χ0n) is 9.03. The number of rotatable bonds is 2. The summed E-state index contributed by atoms with van der Waals surface area (Å²) in [6, 6.07) is 1.96. The summed E-state index contributed by atoms with van der Waals surface area (Å²) < 4.78 is 5.29. The molecular weight excluding hydrogens is 196 g/mol. The molecule has 0 amide bonds. The molecule has 1 rings (SSSR count). The van der Waals surface area contributed by atoms with Gasteiger partial charge < -0.3 is 4.74 Å². The van der Waals surface area contributed by atoms with Crippen LogP contribution in [0, 0.1) is 0 Å². The van der Waals surface area contributed by atoms with Crippen molar-refractivity contribution in [3.05, 3.63) is 22.4 Å². The van der Waals surface area contributed by atoms with E-state index < -0.39 is 5.60 Å². The molecule has 0 saturated carbocycles. The molecule has 0 bridgehead atoms. The zero-order valence-corrected chi connectivity index (χ0v) is 9.85. The number of carbonyl (C=O) groups is 1. The molecule has 78 valence electrons.